The van der Waals surface area contributed by atoms with Crippen LogP contribution in [0, 0.1) is 0 Å². The molecule has 0 bridgehead atoms. The van der Waals surface area contributed by atoms with Crippen molar-refractivity contribution in [2.45, 2.75) is 11.5 Å². The summed E-state index contributed by atoms with van der Waals surface area (Å²) in [6, 6.07) is 16.3. The van der Waals surface area contributed by atoms with Crippen molar-refractivity contribution < 1.29 is 9.47 Å². The molecule has 130 valence electrons. The number of aromatic nitrogens is 4. The zero-order chi connectivity index (χ0) is 17.3. The largest absolute Gasteiger partial charge is 0.454 e. The summed E-state index contributed by atoms with van der Waals surface area (Å²) in [4.78, 5) is 0.799. The van der Waals surface area contributed by atoms with Crippen LogP contribution in [0.2, 0.25) is 0 Å². The van der Waals surface area contributed by atoms with E-state index in [1.807, 2.05) is 28.8 Å². The number of hydrogen-bond acceptors (Lipinski definition) is 7. The molecule has 1 aliphatic rings. The van der Waals surface area contributed by atoms with Crippen LogP contribution in [0.25, 0.3) is 15.5 Å². The van der Waals surface area contributed by atoms with Crippen LogP contribution in [0.5, 0.6) is 11.5 Å². The van der Waals surface area contributed by atoms with Crippen molar-refractivity contribution in [3.63, 3.8) is 0 Å². The van der Waals surface area contributed by atoms with Gasteiger partial charge in [0.15, 0.2) is 17.3 Å². The Kier molecular flexibility index (Phi) is 3.99. The molecule has 8 heteroatoms. The van der Waals surface area contributed by atoms with E-state index in [9.17, 15) is 0 Å². The summed E-state index contributed by atoms with van der Waals surface area (Å²) in [6.07, 6.45) is 0. The van der Waals surface area contributed by atoms with Crippen molar-refractivity contribution in [1.82, 2.24) is 19.8 Å². The smallest absolute Gasteiger partial charge is 0.235 e. The summed E-state index contributed by atoms with van der Waals surface area (Å²) >= 11 is 3.32. The van der Waals surface area contributed by atoms with E-state index in [-0.39, 0.29) is 6.79 Å². The molecule has 4 aromatic rings. The molecule has 0 saturated heterocycles. The number of fused-ring (bicyclic) bond motifs is 2. The molecule has 6 nitrogen and oxygen atoms in total. The van der Waals surface area contributed by atoms with Crippen LogP contribution >= 0.6 is 23.1 Å². The van der Waals surface area contributed by atoms with Crippen molar-refractivity contribution in [2.75, 3.05) is 6.79 Å². The number of ether oxygens (including phenoxy) is 2. The van der Waals surface area contributed by atoms with E-state index in [0.29, 0.717) is 0 Å². The SMILES string of the molecule is c1ccc(CSCc2nnc3sc(-c4ccc5c(c4)OCO5)nn23)cc1. The van der Waals surface area contributed by atoms with Gasteiger partial charge >= 0.3 is 0 Å². The van der Waals surface area contributed by atoms with Gasteiger partial charge in [-0.3, -0.25) is 0 Å². The molecular weight excluding hydrogens is 368 g/mol. The average Bonchev–Trinajstić information content (AvgIpc) is 3.38. The highest BCUT2D eigenvalue weighted by molar-refractivity contribution is 7.97. The van der Waals surface area contributed by atoms with Gasteiger partial charge in [0.1, 0.15) is 5.01 Å². The Labute approximate surface area is 157 Å². The molecular formula is C18H14N4O2S2. The lowest BCUT2D eigenvalue weighted by Crippen LogP contribution is -1.94. The predicted molar refractivity (Wildman–Crippen MR) is 102 cm³/mol. The van der Waals surface area contributed by atoms with E-state index >= 15 is 0 Å². The summed E-state index contributed by atoms with van der Waals surface area (Å²) in [5, 5.41) is 14.1. The highest BCUT2D eigenvalue weighted by Gasteiger charge is 2.17. The minimum atomic E-state index is 0.271. The third-order valence-corrected chi connectivity index (χ3v) is 5.97. The van der Waals surface area contributed by atoms with Gasteiger partial charge in [-0.25, -0.2) is 0 Å². The van der Waals surface area contributed by atoms with Gasteiger partial charge in [0.2, 0.25) is 11.8 Å². The van der Waals surface area contributed by atoms with Gasteiger partial charge < -0.3 is 9.47 Å². The highest BCUT2D eigenvalue weighted by atomic mass is 32.2. The average molecular weight is 382 g/mol. The normalized spacial score (nSPS) is 12.8. The third kappa shape index (κ3) is 2.91. The zero-order valence-corrected chi connectivity index (χ0v) is 15.3. The number of hydrogen-bond donors (Lipinski definition) is 0. The first kappa shape index (κ1) is 15.7. The Morgan fingerprint density at radius 1 is 1.00 bits per heavy atom. The van der Waals surface area contributed by atoms with Crippen molar-refractivity contribution in [1.29, 1.82) is 0 Å². The van der Waals surface area contributed by atoms with E-state index in [1.54, 1.807) is 11.8 Å². The Balaban J connectivity index is 1.36. The molecule has 0 amide bonds. The van der Waals surface area contributed by atoms with Crippen LogP contribution in [-0.2, 0) is 11.5 Å². The van der Waals surface area contributed by atoms with E-state index in [1.165, 1.54) is 16.9 Å². The fourth-order valence-corrected chi connectivity index (χ4v) is 4.48. The molecule has 0 unspecified atom stereocenters. The third-order valence-electron chi connectivity index (χ3n) is 4.02. The second kappa shape index (κ2) is 6.62. The van der Waals surface area contributed by atoms with Crippen LogP contribution in [0.15, 0.2) is 48.5 Å². The van der Waals surface area contributed by atoms with Crippen LogP contribution in [0.1, 0.15) is 11.4 Å². The quantitative estimate of drug-likeness (QED) is 0.520. The zero-order valence-electron chi connectivity index (χ0n) is 13.7. The molecule has 1 aliphatic heterocycles. The fraction of sp³-hybridized carbons (Fsp3) is 0.167. The van der Waals surface area contributed by atoms with Crippen molar-refractivity contribution in [3.05, 3.63) is 59.9 Å². The van der Waals surface area contributed by atoms with Gasteiger partial charge in [-0.05, 0) is 23.8 Å². The maximum atomic E-state index is 5.45. The molecule has 2 aromatic carbocycles. The van der Waals surface area contributed by atoms with Gasteiger partial charge in [-0.2, -0.15) is 9.61 Å². The van der Waals surface area contributed by atoms with Crippen molar-refractivity contribution in [3.8, 4) is 22.1 Å². The van der Waals surface area contributed by atoms with Crippen LogP contribution in [-0.4, -0.2) is 26.6 Å². The Morgan fingerprint density at radius 3 is 2.81 bits per heavy atom. The molecule has 3 heterocycles. The van der Waals surface area contributed by atoms with E-state index in [0.717, 1.165) is 44.4 Å². The van der Waals surface area contributed by atoms with Gasteiger partial charge in [0.05, 0.1) is 5.75 Å². The summed E-state index contributed by atoms with van der Waals surface area (Å²) in [7, 11) is 0. The molecule has 0 spiro atoms. The molecule has 26 heavy (non-hydrogen) atoms. The van der Waals surface area contributed by atoms with Crippen molar-refractivity contribution >= 4 is 28.1 Å². The van der Waals surface area contributed by atoms with E-state index in [4.69, 9.17) is 14.6 Å². The summed E-state index contributed by atoms with van der Waals surface area (Å²) in [5.41, 5.74) is 2.30. The lowest BCUT2D eigenvalue weighted by atomic mass is 10.2. The lowest BCUT2D eigenvalue weighted by Gasteiger charge is -2.00. The van der Waals surface area contributed by atoms with Gasteiger partial charge in [-0.1, -0.05) is 41.7 Å². The Bertz CT molecular complexity index is 1060. The number of thioether (sulfide) groups is 1. The standard InChI is InChI=1S/C18H14N4O2S2/c1-2-4-12(5-3-1)9-25-10-16-19-20-18-22(16)21-17(26-18)13-6-7-14-15(8-13)24-11-23-14/h1-8H,9-11H2. The Morgan fingerprint density at radius 2 is 1.88 bits per heavy atom. The Hall–Kier alpha value is -2.58. The number of benzene rings is 2. The van der Waals surface area contributed by atoms with Gasteiger partial charge in [0.25, 0.3) is 0 Å². The molecule has 5 rings (SSSR count). The first-order chi connectivity index (χ1) is 12.9. The summed E-state index contributed by atoms with van der Waals surface area (Å²) in [5.74, 6) is 4.10. The topological polar surface area (TPSA) is 61.5 Å². The van der Waals surface area contributed by atoms with Crippen LogP contribution in [0.3, 0.4) is 0 Å². The maximum Gasteiger partial charge on any atom is 0.235 e. The van der Waals surface area contributed by atoms with Gasteiger partial charge in [0, 0.05) is 11.3 Å². The fourth-order valence-electron chi connectivity index (χ4n) is 2.73. The molecule has 0 atom stereocenters. The predicted octanol–water partition coefficient (Wildman–Crippen LogP) is 4.01. The van der Waals surface area contributed by atoms with E-state index in [2.05, 4.69) is 34.5 Å². The number of rotatable bonds is 5. The second-order valence-electron chi connectivity index (χ2n) is 5.76. The molecule has 0 fully saturated rings. The highest BCUT2D eigenvalue weighted by Crippen LogP contribution is 2.37. The monoisotopic (exact) mass is 382 g/mol. The molecule has 0 saturated carbocycles. The number of nitrogens with zero attached hydrogens (tertiary/aromatic N) is 4. The lowest BCUT2D eigenvalue weighted by molar-refractivity contribution is 0.174. The molecule has 2 aromatic heterocycles. The summed E-state index contributed by atoms with van der Waals surface area (Å²) < 4.78 is 12.7. The summed E-state index contributed by atoms with van der Waals surface area (Å²) in [6.45, 7) is 0.271. The molecule has 0 aliphatic carbocycles. The second-order valence-corrected chi connectivity index (χ2v) is 7.71. The molecule has 0 N–H and O–H groups in total. The first-order valence-corrected chi connectivity index (χ1v) is 10.1. The van der Waals surface area contributed by atoms with E-state index < -0.39 is 0 Å². The maximum absolute atomic E-state index is 5.45. The van der Waals surface area contributed by atoms with Gasteiger partial charge in [-0.15, -0.1) is 22.0 Å². The minimum absolute atomic E-state index is 0.271. The first-order valence-electron chi connectivity index (χ1n) is 8.10. The minimum Gasteiger partial charge on any atom is -0.454 e. The van der Waals surface area contributed by atoms with Crippen LogP contribution in [0.4, 0.5) is 0 Å². The van der Waals surface area contributed by atoms with Crippen molar-refractivity contribution in [2.24, 2.45) is 0 Å². The van der Waals surface area contributed by atoms with Crippen LogP contribution < -0.4 is 9.47 Å². The molecule has 0 radical (unpaired) electrons.